The second-order valence-corrected chi connectivity index (χ2v) is 7.54. The highest BCUT2D eigenvalue weighted by molar-refractivity contribution is 5.99. The average Bonchev–Trinajstić information content (AvgIpc) is 2.72. The molecule has 1 amide bonds. The van der Waals surface area contributed by atoms with E-state index in [1.165, 1.54) is 0 Å². The number of aryl methyl sites for hydroxylation is 3. The summed E-state index contributed by atoms with van der Waals surface area (Å²) < 4.78 is 5.40. The van der Waals surface area contributed by atoms with Crippen LogP contribution in [0, 0.1) is 19.8 Å². The molecule has 0 aliphatic carbocycles. The molecular formula is C23H28N2O3. The molecule has 0 radical (unpaired) electrons. The van der Waals surface area contributed by atoms with E-state index in [9.17, 15) is 9.59 Å². The molecule has 3 rings (SSSR count). The molecule has 1 fully saturated rings. The number of ketones is 1. The largest absolute Gasteiger partial charge is 0.496 e. The normalized spacial score (nSPS) is 16.7. The van der Waals surface area contributed by atoms with Gasteiger partial charge in [0.25, 0.3) is 0 Å². The van der Waals surface area contributed by atoms with Crippen LogP contribution < -0.4 is 4.74 Å². The highest BCUT2D eigenvalue weighted by Crippen LogP contribution is 2.28. The number of hydrogen-bond acceptors (Lipinski definition) is 4. The van der Waals surface area contributed by atoms with Gasteiger partial charge in [0, 0.05) is 43.4 Å². The summed E-state index contributed by atoms with van der Waals surface area (Å²) in [5, 5.41) is 0. The highest BCUT2D eigenvalue weighted by atomic mass is 16.5. The summed E-state index contributed by atoms with van der Waals surface area (Å²) >= 11 is 0. The molecule has 2 heterocycles. The molecule has 0 bridgehead atoms. The zero-order valence-corrected chi connectivity index (χ0v) is 16.9. The first-order valence-electron chi connectivity index (χ1n) is 9.85. The summed E-state index contributed by atoms with van der Waals surface area (Å²) in [5.41, 5.74) is 3.75. The molecule has 1 aromatic carbocycles. The van der Waals surface area contributed by atoms with Gasteiger partial charge in [0.15, 0.2) is 5.78 Å². The van der Waals surface area contributed by atoms with E-state index in [-0.39, 0.29) is 17.6 Å². The van der Waals surface area contributed by atoms with Gasteiger partial charge in [0.1, 0.15) is 5.75 Å². The predicted molar refractivity (Wildman–Crippen MR) is 109 cm³/mol. The lowest BCUT2D eigenvalue weighted by molar-refractivity contribution is -0.132. The Hall–Kier alpha value is -2.69. The van der Waals surface area contributed by atoms with Gasteiger partial charge in [0.2, 0.25) is 5.91 Å². The number of ether oxygens (including phenoxy) is 1. The number of aromatic nitrogens is 1. The number of benzene rings is 1. The van der Waals surface area contributed by atoms with E-state index in [2.05, 4.69) is 4.98 Å². The lowest BCUT2D eigenvalue weighted by atomic mass is 9.88. The number of nitrogens with zero attached hydrogens (tertiary/aromatic N) is 2. The molecule has 5 heteroatoms. The zero-order chi connectivity index (χ0) is 20.1. The van der Waals surface area contributed by atoms with Gasteiger partial charge in [-0.1, -0.05) is 0 Å². The molecule has 1 saturated heterocycles. The maximum absolute atomic E-state index is 13.1. The van der Waals surface area contributed by atoms with Crippen LogP contribution in [0.3, 0.4) is 0 Å². The number of hydrogen-bond donors (Lipinski definition) is 0. The van der Waals surface area contributed by atoms with Gasteiger partial charge < -0.3 is 9.64 Å². The van der Waals surface area contributed by atoms with E-state index < -0.39 is 0 Å². The number of Topliss-reactive ketones (excluding diaryl/α,β-unsaturated/α-hetero) is 1. The molecule has 0 N–H and O–H groups in total. The third kappa shape index (κ3) is 4.58. The molecule has 148 valence electrons. The molecule has 1 aromatic heterocycles. The van der Waals surface area contributed by atoms with Crippen molar-refractivity contribution in [3.05, 3.63) is 58.9 Å². The van der Waals surface area contributed by atoms with Crippen molar-refractivity contribution in [3.63, 3.8) is 0 Å². The number of methoxy groups -OCH3 is 1. The van der Waals surface area contributed by atoms with E-state index in [0.717, 1.165) is 41.8 Å². The van der Waals surface area contributed by atoms with Crippen molar-refractivity contribution < 1.29 is 14.3 Å². The fraction of sp³-hybridized carbons (Fsp3) is 0.435. The van der Waals surface area contributed by atoms with E-state index in [1.54, 1.807) is 19.5 Å². The van der Waals surface area contributed by atoms with Gasteiger partial charge in [-0.25, -0.2) is 0 Å². The standard InChI is InChI=1S/C23H28N2O3/c1-16-13-20(14-17(2)23(16)28-3)22(27)19-5-4-12-25(15-19)21(26)7-6-18-8-10-24-11-9-18/h8-11,13-14,19H,4-7,12,15H2,1-3H3/t19-/m0/s1. The van der Waals surface area contributed by atoms with Crippen molar-refractivity contribution in [2.24, 2.45) is 5.92 Å². The number of amides is 1. The van der Waals surface area contributed by atoms with Gasteiger partial charge in [-0.15, -0.1) is 0 Å². The molecule has 0 spiro atoms. The van der Waals surface area contributed by atoms with Gasteiger partial charge in [0.05, 0.1) is 7.11 Å². The third-order valence-corrected chi connectivity index (χ3v) is 5.47. The summed E-state index contributed by atoms with van der Waals surface area (Å²) in [6.07, 6.45) is 6.35. The summed E-state index contributed by atoms with van der Waals surface area (Å²) in [6.45, 7) is 5.16. The maximum Gasteiger partial charge on any atom is 0.222 e. The predicted octanol–water partition coefficient (Wildman–Crippen LogP) is 3.76. The third-order valence-electron chi connectivity index (χ3n) is 5.47. The van der Waals surface area contributed by atoms with Crippen LogP contribution in [0.25, 0.3) is 0 Å². The Balaban J connectivity index is 1.64. The average molecular weight is 380 g/mol. The van der Waals surface area contributed by atoms with Crippen LogP contribution in [-0.2, 0) is 11.2 Å². The fourth-order valence-corrected chi connectivity index (χ4v) is 4.03. The topological polar surface area (TPSA) is 59.5 Å². The van der Waals surface area contributed by atoms with Crippen molar-refractivity contribution in [2.75, 3.05) is 20.2 Å². The van der Waals surface area contributed by atoms with Crippen LogP contribution in [0.15, 0.2) is 36.7 Å². The number of carbonyl (C=O) groups is 2. The van der Waals surface area contributed by atoms with Crippen molar-refractivity contribution in [2.45, 2.75) is 39.5 Å². The monoisotopic (exact) mass is 380 g/mol. The highest BCUT2D eigenvalue weighted by Gasteiger charge is 2.29. The van der Waals surface area contributed by atoms with Crippen LogP contribution >= 0.6 is 0 Å². The molecule has 5 nitrogen and oxygen atoms in total. The maximum atomic E-state index is 13.1. The van der Waals surface area contributed by atoms with Gasteiger partial charge in [-0.05, 0) is 74.1 Å². The molecule has 2 aromatic rings. The Morgan fingerprint density at radius 1 is 1.18 bits per heavy atom. The van der Waals surface area contributed by atoms with Crippen LogP contribution in [0.1, 0.15) is 46.3 Å². The lowest BCUT2D eigenvalue weighted by Gasteiger charge is -2.32. The van der Waals surface area contributed by atoms with E-state index >= 15 is 0 Å². The summed E-state index contributed by atoms with van der Waals surface area (Å²) in [5.74, 6) is 0.941. The summed E-state index contributed by atoms with van der Waals surface area (Å²) in [7, 11) is 1.65. The number of piperidine rings is 1. The van der Waals surface area contributed by atoms with E-state index in [4.69, 9.17) is 4.74 Å². The van der Waals surface area contributed by atoms with Crippen molar-refractivity contribution in [1.29, 1.82) is 0 Å². The molecule has 1 atom stereocenters. The number of rotatable bonds is 6. The Morgan fingerprint density at radius 2 is 1.86 bits per heavy atom. The number of pyridine rings is 1. The van der Waals surface area contributed by atoms with E-state index in [1.807, 2.05) is 43.0 Å². The van der Waals surface area contributed by atoms with Crippen molar-refractivity contribution in [3.8, 4) is 5.75 Å². The molecule has 0 unspecified atom stereocenters. The Bertz CT molecular complexity index is 825. The van der Waals surface area contributed by atoms with Gasteiger partial charge in [-0.2, -0.15) is 0 Å². The van der Waals surface area contributed by atoms with Gasteiger partial charge >= 0.3 is 0 Å². The quantitative estimate of drug-likeness (QED) is 0.716. The first kappa shape index (κ1) is 20.1. The van der Waals surface area contributed by atoms with Crippen molar-refractivity contribution >= 4 is 11.7 Å². The first-order chi connectivity index (χ1) is 13.5. The van der Waals surface area contributed by atoms with Crippen LogP contribution in [-0.4, -0.2) is 41.8 Å². The Morgan fingerprint density at radius 3 is 2.50 bits per heavy atom. The Labute approximate surface area is 166 Å². The molecule has 0 saturated carbocycles. The number of likely N-dealkylation sites (tertiary alicyclic amines) is 1. The summed E-state index contributed by atoms with van der Waals surface area (Å²) in [6, 6.07) is 7.67. The number of carbonyl (C=O) groups excluding carboxylic acids is 2. The second-order valence-electron chi connectivity index (χ2n) is 7.54. The zero-order valence-electron chi connectivity index (χ0n) is 16.9. The van der Waals surface area contributed by atoms with Crippen molar-refractivity contribution in [1.82, 2.24) is 9.88 Å². The Kier molecular flexibility index (Phi) is 6.45. The molecular weight excluding hydrogens is 352 g/mol. The minimum atomic E-state index is -0.133. The lowest BCUT2D eigenvalue weighted by Crippen LogP contribution is -2.42. The smallest absolute Gasteiger partial charge is 0.222 e. The van der Waals surface area contributed by atoms with E-state index in [0.29, 0.717) is 24.9 Å². The van der Waals surface area contributed by atoms with Crippen LogP contribution in [0.5, 0.6) is 5.75 Å². The minimum Gasteiger partial charge on any atom is -0.496 e. The van der Waals surface area contributed by atoms with Crippen LogP contribution in [0.2, 0.25) is 0 Å². The molecule has 28 heavy (non-hydrogen) atoms. The molecule has 1 aliphatic heterocycles. The molecule has 1 aliphatic rings. The SMILES string of the molecule is COc1c(C)cc(C(=O)[C@H]2CCCN(C(=O)CCc3ccncc3)C2)cc1C. The fourth-order valence-electron chi connectivity index (χ4n) is 4.03. The second kappa shape index (κ2) is 9.00. The van der Waals surface area contributed by atoms with Crippen LogP contribution in [0.4, 0.5) is 0 Å². The summed E-state index contributed by atoms with van der Waals surface area (Å²) in [4.78, 5) is 31.6. The first-order valence-corrected chi connectivity index (χ1v) is 9.85. The van der Waals surface area contributed by atoms with Gasteiger partial charge in [-0.3, -0.25) is 14.6 Å². The minimum absolute atomic E-state index is 0.122.